The fourth-order valence-electron chi connectivity index (χ4n) is 5.18. The fraction of sp³-hybridized carbons (Fsp3) is 0.306. The number of ether oxygens (including phenoxy) is 5. The van der Waals surface area contributed by atoms with Crippen LogP contribution >= 0.6 is 11.8 Å². The van der Waals surface area contributed by atoms with E-state index in [1.54, 1.807) is 18.9 Å². The highest BCUT2D eigenvalue weighted by Crippen LogP contribution is 2.41. The first-order valence-corrected chi connectivity index (χ1v) is 15.4. The number of rotatable bonds is 15. The lowest BCUT2D eigenvalue weighted by molar-refractivity contribution is -0.227. The van der Waals surface area contributed by atoms with Crippen molar-refractivity contribution in [2.45, 2.75) is 54.9 Å². The van der Waals surface area contributed by atoms with Crippen LogP contribution in [0.1, 0.15) is 23.1 Å². The lowest BCUT2D eigenvalue weighted by Gasteiger charge is -2.46. The van der Waals surface area contributed by atoms with Crippen molar-refractivity contribution >= 4 is 18.0 Å². The summed E-state index contributed by atoms with van der Waals surface area (Å²) >= 11 is 1.58. The Morgan fingerprint density at radius 2 is 1.23 bits per heavy atom. The number of carbonyl (C=O) groups excluding carboxylic acids is 1. The van der Waals surface area contributed by atoms with Gasteiger partial charge in [0.2, 0.25) is 0 Å². The summed E-state index contributed by atoms with van der Waals surface area (Å²) in [7, 11) is 1.65. The Morgan fingerprint density at radius 1 is 0.698 bits per heavy atom. The molecule has 0 unspecified atom stereocenters. The van der Waals surface area contributed by atoms with Crippen molar-refractivity contribution in [3.05, 3.63) is 132 Å². The Balaban J connectivity index is 1.42. The second-order valence-corrected chi connectivity index (χ2v) is 11.6. The molecule has 0 radical (unpaired) electrons. The van der Waals surface area contributed by atoms with Gasteiger partial charge in [0.25, 0.3) is 0 Å². The molecule has 4 aromatic rings. The Kier molecular flexibility index (Phi) is 11.8. The number of benzene rings is 4. The molecular formula is C36H38O6S. The molecule has 0 N–H and O–H groups in total. The van der Waals surface area contributed by atoms with Crippen molar-refractivity contribution in [2.75, 3.05) is 13.7 Å². The minimum atomic E-state index is -0.461. The Hall–Kier alpha value is -3.46. The normalized spacial score (nSPS) is 21.7. The van der Waals surface area contributed by atoms with Crippen LogP contribution in [0.4, 0.5) is 0 Å². The van der Waals surface area contributed by atoms with E-state index in [-0.39, 0.29) is 17.8 Å². The lowest BCUT2D eigenvalue weighted by atomic mass is 9.89. The molecule has 1 heterocycles. The standard InChI is InChI=1S/C36H38O6S/c1-38-30-17-19-31(20-18-30)43-36-32(21-22-37)34(40-24-28-13-7-3-8-14-28)35(41-25-29-15-9-4-10-16-29)33(42-36)26-39-23-27-11-5-2-6-12-27/h2-20,22,32-36H,21,23-26H2,1H3/t32-,33-,34-,35-,36+/m1/s1. The van der Waals surface area contributed by atoms with Gasteiger partial charge in [0.15, 0.2) is 0 Å². The Bertz CT molecular complexity index is 1350. The molecule has 5 atom stereocenters. The summed E-state index contributed by atoms with van der Waals surface area (Å²) in [5.41, 5.74) is 2.83. The van der Waals surface area contributed by atoms with Crippen LogP contribution in [-0.4, -0.2) is 43.8 Å². The molecule has 0 spiro atoms. The van der Waals surface area contributed by atoms with Crippen LogP contribution in [0.2, 0.25) is 0 Å². The summed E-state index contributed by atoms with van der Waals surface area (Å²) in [5, 5.41) is 0. The van der Waals surface area contributed by atoms with Gasteiger partial charge in [-0.3, -0.25) is 0 Å². The molecular weight excluding hydrogens is 560 g/mol. The molecule has 0 bridgehead atoms. The first-order chi connectivity index (χ1) is 21.2. The average Bonchev–Trinajstić information content (AvgIpc) is 3.06. The molecule has 1 aliphatic rings. The van der Waals surface area contributed by atoms with Gasteiger partial charge in [-0.15, -0.1) is 0 Å². The van der Waals surface area contributed by atoms with Crippen LogP contribution in [0, 0.1) is 5.92 Å². The first-order valence-electron chi connectivity index (χ1n) is 14.6. The maximum atomic E-state index is 12.1. The third-order valence-electron chi connectivity index (χ3n) is 7.42. The number of methoxy groups -OCH3 is 1. The molecule has 0 amide bonds. The van der Waals surface area contributed by atoms with Crippen molar-refractivity contribution in [1.29, 1.82) is 0 Å². The number of hydrogen-bond acceptors (Lipinski definition) is 7. The van der Waals surface area contributed by atoms with Crippen molar-refractivity contribution in [2.24, 2.45) is 5.92 Å². The fourth-order valence-corrected chi connectivity index (χ4v) is 6.38. The zero-order valence-corrected chi connectivity index (χ0v) is 25.1. The van der Waals surface area contributed by atoms with Crippen LogP contribution < -0.4 is 4.74 Å². The zero-order valence-electron chi connectivity index (χ0n) is 24.3. The summed E-state index contributed by atoms with van der Waals surface area (Å²) in [6, 6.07) is 38.0. The Labute approximate surface area is 258 Å². The third kappa shape index (κ3) is 9.02. The van der Waals surface area contributed by atoms with E-state index in [0.29, 0.717) is 26.4 Å². The topological polar surface area (TPSA) is 63.2 Å². The summed E-state index contributed by atoms with van der Waals surface area (Å²) in [6.45, 7) is 1.55. The van der Waals surface area contributed by atoms with Crippen molar-refractivity contribution in [3.63, 3.8) is 0 Å². The van der Waals surface area contributed by atoms with Crippen LogP contribution in [-0.2, 0) is 43.6 Å². The molecule has 0 saturated carbocycles. The minimum Gasteiger partial charge on any atom is -0.497 e. The maximum absolute atomic E-state index is 12.1. The predicted molar refractivity (Wildman–Crippen MR) is 168 cm³/mol. The van der Waals surface area contributed by atoms with E-state index in [1.807, 2.05) is 115 Å². The first kappa shape index (κ1) is 31.0. The van der Waals surface area contributed by atoms with Crippen molar-refractivity contribution < 1.29 is 28.5 Å². The molecule has 1 aliphatic heterocycles. The van der Waals surface area contributed by atoms with Gasteiger partial charge in [-0.2, -0.15) is 0 Å². The number of thioether (sulfide) groups is 1. The van der Waals surface area contributed by atoms with Gasteiger partial charge in [-0.25, -0.2) is 0 Å². The molecule has 5 rings (SSSR count). The van der Waals surface area contributed by atoms with E-state index in [4.69, 9.17) is 23.7 Å². The summed E-state index contributed by atoms with van der Waals surface area (Å²) in [6.07, 6.45) is -0.0708. The highest BCUT2D eigenvalue weighted by Gasteiger charge is 2.47. The predicted octanol–water partition coefficient (Wildman–Crippen LogP) is 7.11. The second-order valence-electron chi connectivity index (χ2n) is 10.4. The van der Waals surface area contributed by atoms with Gasteiger partial charge < -0.3 is 28.5 Å². The van der Waals surface area contributed by atoms with Crippen molar-refractivity contribution in [3.8, 4) is 5.75 Å². The highest BCUT2D eigenvalue weighted by molar-refractivity contribution is 7.99. The van der Waals surface area contributed by atoms with Crippen LogP contribution in [0.5, 0.6) is 5.75 Å². The third-order valence-corrected chi connectivity index (χ3v) is 8.65. The summed E-state index contributed by atoms with van der Waals surface area (Å²) < 4.78 is 31.6. The van der Waals surface area contributed by atoms with Gasteiger partial charge in [0.05, 0.1) is 39.6 Å². The van der Waals surface area contributed by atoms with Crippen LogP contribution in [0.15, 0.2) is 120 Å². The molecule has 0 aromatic heterocycles. The SMILES string of the molecule is COc1ccc(S[C@@H]2O[C@H](COCc3ccccc3)[C@@H](OCc3ccccc3)[C@H](OCc3ccccc3)[C@H]2CC=O)cc1. The van der Waals surface area contributed by atoms with E-state index in [2.05, 4.69) is 0 Å². The molecule has 224 valence electrons. The van der Waals surface area contributed by atoms with E-state index in [9.17, 15) is 4.79 Å². The van der Waals surface area contributed by atoms with Gasteiger partial charge in [0, 0.05) is 17.2 Å². The zero-order chi connectivity index (χ0) is 29.7. The quantitative estimate of drug-likeness (QED) is 0.135. The summed E-state index contributed by atoms with van der Waals surface area (Å²) in [5.74, 6) is 0.531. The monoisotopic (exact) mass is 598 g/mol. The smallest absolute Gasteiger partial charge is 0.120 e. The Morgan fingerprint density at radius 3 is 1.77 bits per heavy atom. The molecule has 0 aliphatic carbocycles. The molecule has 4 aromatic carbocycles. The van der Waals surface area contributed by atoms with Gasteiger partial charge in [-0.1, -0.05) is 103 Å². The largest absolute Gasteiger partial charge is 0.497 e. The molecule has 7 heteroatoms. The maximum Gasteiger partial charge on any atom is 0.120 e. The van der Waals surface area contributed by atoms with Gasteiger partial charge >= 0.3 is 0 Å². The van der Waals surface area contributed by atoms with E-state index >= 15 is 0 Å². The lowest BCUT2D eigenvalue weighted by Crippen LogP contribution is -2.57. The molecule has 1 fully saturated rings. The highest BCUT2D eigenvalue weighted by atomic mass is 32.2. The molecule has 43 heavy (non-hydrogen) atoms. The van der Waals surface area contributed by atoms with E-state index < -0.39 is 18.3 Å². The number of aldehydes is 1. The van der Waals surface area contributed by atoms with Crippen LogP contribution in [0.3, 0.4) is 0 Å². The van der Waals surface area contributed by atoms with Crippen molar-refractivity contribution in [1.82, 2.24) is 0 Å². The van der Waals surface area contributed by atoms with E-state index in [1.165, 1.54) is 0 Å². The molecule has 1 saturated heterocycles. The molecule has 6 nitrogen and oxygen atoms in total. The van der Waals surface area contributed by atoms with Gasteiger partial charge in [0.1, 0.15) is 29.7 Å². The second kappa shape index (κ2) is 16.4. The van der Waals surface area contributed by atoms with Crippen LogP contribution in [0.25, 0.3) is 0 Å². The summed E-state index contributed by atoms with van der Waals surface area (Å²) in [4.78, 5) is 13.1. The van der Waals surface area contributed by atoms with Gasteiger partial charge in [-0.05, 0) is 41.0 Å². The minimum absolute atomic E-state index is 0.250. The average molecular weight is 599 g/mol. The number of carbonyl (C=O) groups is 1. The number of hydrogen-bond donors (Lipinski definition) is 0. The van der Waals surface area contributed by atoms with E-state index in [0.717, 1.165) is 33.6 Å².